The van der Waals surface area contributed by atoms with E-state index in [1.807, 2.05) is 36.0 Å². The van der Waals surface area contributed by atoms with Gasteiger partial charge in [0.25, 0.3) is 5.91 Å². The van der Waals surface area contributed by atoms with Crippen molar-refractivity contribution in [1.82, 2.24) is 9.88 Å². The zero-order valence-electron chi connectivity index (χ0n) is 13.6. The van der Waals surface area contributed by atoms with Crippen LogP contribution in [0.1, 0.15) is 20.7 Å². The van der Waals surface area contributed by atoms with Crippen molar-refractivity contribution in [3.8, 4) is 5.75 Å². The summed E-state index contributed by atoms with van der Waals surface area (Å²) in [5.41, 5.74) is 2.05. The van der Waals surface area contributed by atoms with Crippen LogP contribution in [0.15, 0.2) is 54.7 Å². The van der Waals surface area contributed by atoms with E-state index in [2.05, 4.69) is 5.32 Å². The van der Waals surface area contributed by atoms with Gasteiger partial charge in [0.05, 0.1) is 13.7 Å². The van der Waals surface area contributed by atoms with Crippen molar-refractivity contribution in [3.63, 3.8) is 0 Å². The van der Waals surface area contributed by atoms with Gasteiger partial charge in [-0.1, -0.05) is 6.07 Å². The van der Waals surface area contributed by atoms with E-state index < -0.39 is 0 Å². The molecule has 0 bridgehead atoms. The van der Waals surface area contributed by atoms with E-state index >= 15 is 0 Å². The lowest BCUT2D eigenvalue weighted by molar-refractivity contribution is 0.0904. The first-order chi connectivity index (χ1) is 11.6. The minimum atomic E-state index is -0.264. The van der Waals surface area contributed by atoms with Gasteiger partial charge in [0.1, 0.15) is 5.75 Å². The number of ketones is 1. The number of Topliss-reactive ketones (excluding diaryl/α,β-unsaturated/α-hetero) is 1. The number of nitrogens with one attached hydrogen (secondary N) is 1. The zero-order valence-corrected chi connectivity index (χ0v) is 13.6. The third-order valence-electron chi connectivity index (χ3n) is 3.97. The lowest BCUT2D eigenvalue weighted by Gasteiger charge is -2.06. The average molecular weight is 322 g/mol. The molecule has 1 aromatic heterocycles. The third-order valence-corrected chi connectivity index (χ3v) is 3.97. The molecule has 3 aromatic rings. The van der Waals surface area contributed by atoms with Gasteiger partial charge in [-0.25, -0.2) is 0 Å². The highest BCUT2D eigenvalue weighted by Gasteiger charge is 2.11. The van der Waals surface area contributed by atoms with Gasteiger partial charge in [-0.3, -0.25) is 9.59 Å². The van der Waals surface area contributed by atoms with Crippen LogP contribution >= 0.6 is 0 Å². The number of amides is 1. The molecule has 122 valence electrons. The number of fused-ring (bicyclic) bond motifs is 1. The summed E-state index contributed by atoms with van der Waals surface area (Å²) in [5.74, 6) is 0.275. The molecular formula is C19H18N2O3. The molecule has 1 N–H and O–H groups in total. The molecule has 24 heavy (non-hydrogen) atoms. The van der Waals surface area contributed by atoms with Gasteiger partial charge in [-0.05, 0) is 47.9 Å². The van der Waals surface area contributed by atoms with Gasteiger partial charge in [0.2, 0.25) is 0 Å². The molecule has 0 aliphatic rings. The first-order valence-electron chi connectivity index (χ1n) is 7.59. The van der Waals surface area contributed by atoms with Crippen LogP contribution in [-0.4, -0.2) is 29.9 Å². The number of hydrogen-bond donors (Lipinski definition) is 1. The van der Waals surface area contributed by atoms with Crippen molar-refractivity contribution < 1.29 is 14.3 Å². The van der Waals surface area contributed by atoms with Gasteiger partial charge < -0.3 is 14.6 Å². The molecular weight excluding hydrogens is 304 g/mol. The second kappa shape index (κ2) is 6.58. The highest BCUT2D eigenvalue weighted by atomic mass is 16.5. The van der Waals surface area contributed by atoms with Crippen molar-refractivity contribution in [3.05, 3.63) is 65.9 Å². The SMILES string of the molecule is COc1ccc(C(=O)CNC(=O)c2ccc3ccn(C)c3c2)cc1. The molecule has 1 amide bonds. The fourth-order valence-corrected chi connectivity index (χ4v) is 2.55. The number of ether oxygens (including phenoxy) is 1. The normalized spacial score (nSPS) is 10.6. The van der Waals surface area contributed by atoms with Crippen LogP contribution in [0.3, 0.4) is 0 Å². The van der Waals surface area contributed by atoms with Gasteiger partial charge in [0.15, 0.2) is 5.78 Å². The lowest BCUT2D eigenvalue weighted by atomic mass is 10.1. The number of carbonyl (C=O) groups is 2. The quantitative estimate of drug-likeness (QED) is 0.735. The van der Waals surface area contributed by atoms with Gasteiger partial charge >= 0.3 is 0 Å². The monoisotopic (exact) mass is 322 g/mol. The summed E-state index contributed by atoms with van der Waals surface area (Å²) in [5, 5.41) is 3.75. The second-order valence-electron chi connectivity index (χ2n) is 5.53. The Morgan fingerprint density at radius 3 is 2.46 bits per heavy atom. The molecule has 0 atom stereocenters. The molecule has 3 rings (SSSR count). The average Bonchev–Trinajstić information content (AvgIpc) is 3.00. The van der Waals surface area contributed by atoms with E-state index in [-0.39, 0.29) is 18.2 Å². The molecule has 0 fully saturated rings. The Balaban J connectivity index is 1.67. The van der Waals surface area contributed by atoms with Crippen molar-refractivity contribution >= 4 is 22.6 Å². The van der Waals surface area contributed by atoms with Crippen LogP contribution in [0.5, 0.6) is 5.75 Å². The van der Waals surface area contributed by atoms with Crippen LogP contribution in [0.4, 0.5) is 0 Å². The lowest BCUT2D eigenvalue weighted by Crippen LogP contribution is -2.29. The molecule has 0 radical (unpaired) electrons. The molecule has 0 unspecified atom stereocenters. The van der Waals surface area contributed by atoms with E-state index in [0.717, 1.165) is 10.9 Å². The largest absolute Gasteiger partial charge is 0.497 e. The Bertz CT molecular complexity index is 895. The fraction of sp³-hybridized carbons (Fsp3) is 0.158. The van der Waals surface area contributed by atoms with Crippen LogP contribution < -0.4 is 10.1 Å². The minimum absolute atomic E-state index is 0.0453. The van der Waals surface area contributed by atoms with Crippen LogP contribution in [-0.2, 0) is 7.05 Å². The Kier molecular flexibility index (Phi) is 4.33. The maximum atomic E-state index is 12.3. The first-order valence-corrected chi connectivity index (χ1v) is 7.59. The summed E-state index contributed by atoms with van der Waals surface area (Å²) in [6.07, 6.45) is 1.94. The van der Waals surface area contributed by atoms with Crippen LogP contribution in [0.25, 0.3) is 10.9 Å². The molecule has 1 heterocycles. The zero-order chi connectivity index (χ0) is 17.1. The third kappa shape index (κ3) is 3.15. The molecule has 5 heteroatoms. The number of benzene rings is 2. The number of rotatable bonds is 5. The molecule has 0 aliphatic carbocycles. The van der Waals surface area contributed by atoms with E-state index in [4.69, 9.17) is 4.74 Å². The summed E-state index contributed by atoms with van der Waals surface area (Å²) in [6, 6.07) is 14.3. The predicted octanol–water partition coefficient (Wildman–Crippen LogP) is 2.80. The molecule has 0 saturated heterocycles. The summed E-state index contributed by atoms with van der Waals surface area (Å²) >= 11 is 0. The summed E-state index contributed by atoms with van der Waals surface area (Å²) < 4.78 is 7.01. The highest BCUT2D eigenvalue weighted by molar-refractivity contribution is 6.03. The molecule has 5 nitrogen and oxygen atoms in total. The predicted molar refractivity (Wildman–Crippen MR) is 92.6 cm³/mol. The number of methoxy groups -OCH3 is 1. The minimum Gasteiger partial charge on any atom is -0.497 e. The number of aromatic nitrogens is 1. The summed E-state index contributed by atoms with van der Waals surface area (Å²) in [6.45, 7) is -0.0453. The van der Waals surface area contributed by atoms with Crippen LogP contribution in [0, 0.1) is 0 Å². The highest BCUT2D eigenvalue weighted by Crippen LogP contribution is 2.16. The Hall–Kier alpha value is -3.08. The molecule has 0 saturated carbocycles. The van der Waals surface area contributed by atoms with Crippen molar-refractivity contribution in [1.29, 1.82) is 0 Å². The molecule has 0 spiro atoms. The fourth-order valence-electron chi connectivity index (χ4n) is 2.55. The molecule has 2 aromatic carbocycles. The first kappa shape index (κ1) is 15.8. The molecule has 0 aliphatic heterocycles. The smallest absolute Gasteiger partial charge is 0.251 e. The van der Waals surface area contributed by atoms with Crippen molar-refractivity contribution in [2.45, 2.75) is 0 Å². The van der Waals surface area contributed by atoms with Gasteiger partial charge in [-0.2, -0.15) is 0 Å². The van der Waals surface area contributed by atoms with E-state index in [0.29, 0.717) is 16.9 Å². The topological polar surface area (TPSA) is 60.3 Å². The van der Waals surface area contributed by atoms with E-state index in [1.165, 1.54) is 0 Å². The Morgan fingerprint density at radius 1 is 1.04 bits per heavy atom. The van der Waals surface area contributed by atoms with Crippen molar-refractivity contribution in [2.24, 2.45) is 7.05 Å². The van der Waals surface area contributed by atoms with Crippen molar-refractivity contribution in [2.75, 3.05) is 13.7 Å². The van der Waals surface area contributed by atoms with E-state index in [9.17, 15) is 9.59 Å². The number of carbonyl (C=O) groups excluding carboxylic acids is 2. The number of nitrogens with zero attached hydrogens (tertiary/aromatic N) is 1. The maximum absolute atomic E-state index is 12.3. The Labute approximate surface area is 139 Å². The van der Waals surface area contributed by atoms with Gasteiger partial charge in [0, 0.05) is 29.9 Å². The van der Waals surface area contributed by atoms with E-state index in [1.54, 1.807) is 37.4 Å². The van der Waals surface area contributed by atoms with Gasteiger partial charge in [-0.15, -0.1) is 0 Å². The maximum Gasteiger partial charge on any atom is 0.251 e. The summed E-state index contributed by atoms with van der Waals surface area (Å²) in [7, 11) is 3.50. The standard InChI is InChI=1S/C19H18N2O3/c1-21-10-9-13-3-4-15(11-17(13)21)19(23)20-12-18(22)14-5-7-16(24-2)8-6-14/h3-11H,12H2,1-2H3,(H,20,23). The summed E-state index contributed by atoms with van der Waals surface area (Å²) in [4.78, 5) is 24.4. The second-order valence-corrected chi connectivity index (χ2v) is 5.53. The van der Waals surface area contributed by atoms with Crippen LogP contribution in [0.2, 0.25) is 0 Å². The Morgan fingerprint density at radius 2 is 1.75 bits per heavy atom. The number of aryl methyl sites for hydroxylation is 1. The number of hydrogen-bond acceptors (Lipinski definition) is 3.